The predicted molar refractivity (Wildman–Crippen MR) is 95.5 cm³/mol. The largest absolute Gasteiger partial charge is 0.347 e. The first-order chi connectivity index (χ1) is 11.4. The van der Waals surface area contributed by atoms with E-state index in [2.05, 4.69) is 26.6 Å². The van der Waals surface area contributed by atoms with E-state index >= 15 is 0 Å². The number of benzene rings is 1. The molecule has 2 rings (SSSR count). The van der Waals surface area contributed by atoms with E-state index in [0.717, 1.165) is 29.3 Å². The van der Waals surface area contributed by atoms with Gasteiger partial charge in [-0.05, 0) is 43.5 Å². The van der Waals surface area contributed by atoms with E-state index in [0.29, 0.717) is 5.69 Å². The summed E-state index contributed by atoms with van der Waals surface area (Å²) in [5, 5.41) is 5.42. The number of halogens is 1. The number of anilines is 1. The molecule has 1 aromatic rings. The molecule has 0 saturated heterocycles. The van der Waals surface area contributed by atoms with Gasteiger partial charge in [0.1, 0.15) is 0 Å². The van der Waals surface area contributed by atoms with E-state index in [-0.39, 0.29) is 36.7 Å². The number of hydrogen-bond acceptors (Lipinski definition) is 3. The van der Waals surface area contributed by atoms with Gasteiger partial charge in [-0.15, -0.1) is 0 Å². The molecule has 7 heteroatoms. The number of hydrogen-bond donors (Lipinski definition) is 2. The molecule has 0 radical (unpaired) electrons. The molecule has 3 amide bonds. The van der Waals surface area contributed by atoms with Crippen LogP contribution < -0.4 is 10.6 Å². The van der Waals surface area contributed by atoms with Crippen LogP contribution in [-0.4, -0.2) is 42.8 Å². The van der Waals surface area contributed by atoms with Crippen LogP contribution >= 0.6 is 15.9 Å². The van der Waals surface area contributed by atoms with Crippen LogP contribution in [0.4, 0.5) is 5.69 Å². The lowest BCUT2D eigenvalue weighted by atomic mass is 9.85. The molecule has 0 bridgehead atoms. The zero-order valence-corrected chi connectivity index (χ0v) is 15.5. The molecule has 0 heterocycles. The maximum absolute atomic E-state index is 12.1. The second kappa shape index (κ2) is 8.28. The summed E-state index contributed by atoms with van der Waals surface area (Å²) in [4.78, 5) is 37.1. The minimum atomic E-state index is -0.287. The summed E-state index contributed by atoms with van der Waals surface area (Å²) in [5.74, 6) is -0.586. The Kier molecular flexibility index (Phi) is 6.36. The van der Waals surface area contributed by atoms with Crippen LogP contribution in [0.15, 0.2) is 22.7 Å². The molecule has 1 aliphatic carbocycles. The van der Waals surface area contributed by atoms with Gasteiger partial charge in [0.2, 0.25) is 17.7 Å². The van der Waals surface area contributed by atoms with E-state index in [1.165, 1.54) is 4.90 Å². The third kappa shape index (κ3) is 5.06. The van der Waals surface area contributed by atoms with Crippen LogP contribution in [-0.2, 0) is 14.4 Å². The summed E-state index contributed by atoms with van der Waals surface area (Å²) in [6, 6.07) is 5.55. The average molecular weight is 396 g/mol. The summed E-state index contributed by atoms with van der Waals surface area (Å²) in [6.07, 6.45) is 2.86. The number of nitrogens with one attached hydrogen (secondary N) is 2. The second-order valence-electron chi connectivity index (χ2n) is 6.10. The van der Waals surface area contributed by atoms with Gasteiger partial charge in [-0.1, -0.05) is 22.4 Å². The van der Waals surface area contributed by atoms with Gasteiger partial charge in [-0.3, -0.25) is 14.4 Å². The Morgan fingerprint density at radius 1 is 1.29 bits per heavy atom. The molecule has 0 aromatic heterocycles. The van der Waals surface area contributed by atoms with Crippen molar-refractivity contribution in [2.45, 2.75) is 26.2 Å². The standard InChI is InChI=1S/C17H22BrN3O3/c1-11-8-13(18)6-7-14(11)20-15(22)10-21(2)16(23)9-19-17(24)12-4-3-5-12/h6-8,12H,3-5,9-10H2,1-2H3,(H,19,24)(H,20,22). The van der Waals surface area contributed by atoms with Crippen molar-refractivity contribution in [2.75, 3.05) is 25.5 Å². The molecule has 1 saturated carbocycles. The first-order valence-electron chi connectivity index (χ1n) is 7.94. The normalized spacial score (nSPS) is 13.8. The highest BCUT2D eigenvalue weighted by molar-refractivity contribution is 9.10. The molecule has 1 aromatic carbocycles. The topological polar surface area (TPSA) is 78.5 Å². The maximum Gasteiger partial charge on any atom is 0.243 e. The Hall–Kier alpha value is -1.89. The van der Waals surface area contributed by atoms with E-state index in [1.54, 1.807) is 13.1 Å². The fraction of sp³-hybridized carbons (Fsp3) is 0.471. The fourth-order valence-corrected chi connectivity index (χ4v) is 2.85. The number of rotatable bonds is 6. The number of likely N-dealkylation sites (N-methyl/N-ethyl adjacent to an activating group) is 1. The minimum Gasteiger partial charge on any atom is -0.347 e. The summed E-state index contributed by atoms with van der Waals surface area (Å²) >= 11 is 3.37. The van der Waals surface area contributed by atoms with Crippen molar-refractivity contribution in [2.24, 2.45) is 5.92 Å². The number of amides is 3. The van der Waals surface area contributed by atoms with Gasteiger partial charge in [-0.25, -0.2) is 0 Å². The van der Waals surface area contributed by atoms with Gasteiger partial charge >= 0.3 is 0 Å². The summed E-state index contributed by atoms with van der Waals surface area (Å²) in [6.45, 7) is 1.76. The zero-order chi connectivity index (χ0) is 17.7. The highest BCUT2D eigenvalue weighted by atomic mass is 79.9. The number of aryl methyl sites for hydroxylation is 1. The minimum absolute atomic E-state index is 0.0479. The van der Waals surface area contributed by atoms with Crippen molar-refractivity contribution in [3.63, 3.8) is 0 Å². The third-order valence-electron chi connectivity index (χ3n) is 4.16. The van der Waals surface area contributed by atoms with Crippen molar-refractivity contribution >= 4 is 39.3 Å². The van der Waals surface area contributed by atoms with E-state index in [9.17, 15) is 14.4 Å². The van der Waals surface area contributed by atoms with Crippen LogP contribution in [0.25, 0.3) is 0 Å². The van der Waals surface area contributed by atoms with Gasteiger partial charge < -0.3 is 15.5 Å². The molecule has 6 nitrogen and oxygen atoms in total. The second-order valence-corrected chi connectivity index (χ2v) is 7.02. The molecule has 0 spiro atoms. The molecule has 1 fully saturated rings. The first-order valence-corrected chi connectivity index (χ1v) is 8.74. The van der Waals surface area contributed by atoms with Gasteiger partial charge in [0.05, 0.1) is 13.1 Å². The first kappa shape index (κ1) is 18.4. The number of carbonyl (C=O) groups is 3. The highest BCUT2D eigenvalue weighted by Crippen LogP contribution is 2.26. The fourth-order valence-electron chi connectivity index (χ4n) is 2.37. The van der Waals surface area contributed by atoms with Gasteiger partial charge in [0.25, 0.3) is 0 Å². The Labute approximate surface area is 150 Å². The predicted octanol–water partition coefficient (Wildman–Crippen LogP) is 2.07. The Morgan fingerprint density at radius 2 is 2.00 bits per heavy atom. The molecule has 1 aliphatic rings. The molecule has 2 N–H and O–H groups in total. The van der Waals surface area contributed by atoms with Crippen molar-refractivity contribution in [1.29, 1.82) is 0 Å². The molecule has 0 atom stereocenters. The lowest BCUT2D eigenvalue weighted by Gasteiger charge is -2.24. The smallest absolute Gasteiger partial charge is 0.243 e. The van der Waals surface area contributed by atoms with Crippen LogP contribution in [0.3, 0.4) is 0 Å². The average Bonchev–Trinajstić information content (AvgIpc) is 2.45. The number of nitrogens with zero attached hydrogens (tertiary/aromatic N) is 1. The lowest BCUT2D eigenvalue weighted by molar-refractivity contribution is -0.135. The highest BCUT2D eigenvalue weighted by Gasteiger charge is 2.25. The third-order valence-corrected chi connectivity index (χ3v) is 4.65. The molecule has 130 valence electrons. The number of carbonyl (C=O) groups excluding carboxylic acids is 3. The zero-order valence-electron chi connectivity index (χ0n) is 13.9. The van der Waals surface area contributed by atoms with Crippen LogP contribution in [0.2, 0.25) is 0 Å². The van der Waals surface area contributed by atoms with Crippen molar-refractivity contribution in [3.05, 3.63) is 28.2 Å². The Balaban J connectivity index is 1.77. The molecule has 0 unspecified atom stereocenters. The van der Waals surface area contributed by atoms with Crippen molar-refractivity contribution in [3.8, 4) is 0 Å². The SMILES string of the molecule is Cc1cc(Br)ccc1NC(=O)CN(C)C(=O)CNC(=O)C1CCC1. The van der Waals surface area contributed by atoms with Crippen molar-refractivity contribution in [1.82, 2.24) is 10.2 Å². The van der Waals surface area contributed by atoms with Gasteiger partial charge in [0.15, 0.2) is 0 Å². The van der Waals surface area contributed by atoms with Crippen LogP contribution in [0.5, 0.6) is 0 Å². The lowest BCUT2D eigenvalue weighted by Crippen LogP contribution is -2.43. The van der Waals surface area contributed by atoms with E-state index < -0.39 is 0 Å². The quantitative estimate of drug-likeness (QED) is 0.773. The summed E-state index contributed by atoms with van der Waals surface area (Å²) in [5.41, 5.74) is 1.64. The van der Waals surface area contributed by atoms with Crippen LogP contribution in [0.1, 0.15) is 24.8 Å². The van der Waals surface area contributed by atoms with E-state index in [4.69, 9.17) is 0 Å². The Morgan fingerprint density at radius 3 is 2.58 bits per heavy atom. The summed E-state index contributed by atoms with van der Waals surface area (Å²) in [7, 11) is 1.55. The summed E-state index contributed by atoms with van der Waals surface area (Å²) < 4.78 is 0.937. The molecule has 0 aliphatic heterocycles. The molecular formula is C17H22BrN3O3. The maximum atomic E-state index is 12.1. The van der Waals surface area contributed by atoms with Gasteiger partial charge in [0, 0.05) is 23.1 Å². The van der Waals surface area contributed by atoms with Gasteiger partial charge in [-0.2, -0.15) is 0 Å². The Bertz CT molecular complexity index is 644. The van der Waals surface area contributed by atoms with Crippen molar-refractivity contribution < 1.29 is 14.4 Å². The molecular weight excluding hydrogens is 374 g/mol. The van der Waals surface area contributed by atoms with E-state index in [1.807, 2.05) is 19.1 Å². The monoisotopic (exact) mass is 395 g/mol. The molecule has 24 heavy (non-hydrogen) atoms. The van der Waals surface area contributed by atoms with Crippen LogP contribution in [0, 0.1) is 12.8 Å².